The third kappa shape index (κ3) is 2.91. The molecule has 1 aromatic heterocycles. The van der Waals surface area contributed by atoms with Crippen LogP contribution in [0.4, 0.5) is 11.4 Å². The monoisotopic (exact) mass is 535 g/mol. The summed E-state index contributed by atoms with van der Waals surface area (Å²) in [5, 5.41) is 15.7. The molecule has 4 heterocycles. The maximum atomic E-state index is 14.5. The number of nitrogens with one attached hydrogen (secondary N) is 1. The average Bonchev–Trinajstić information content (AvgIpc) is 3.53. The quantitative estimate of drug-likeness (QED) is 0.241. The number of nitro benzene ring substituents is 1. The van der Waals surface area contributed by atoms with Gasteiger partial charge in [-0.1, -0.05) is 50.2 Å². The molecule has 0 radical (unpaired) electrons. The Morgan fingerprint density at radius 3 is 2.45 bits per heavy atom. The molecule has 0 unspecified atom stereocenters. The zero-order chi connectivity index (χ0) is 28.1. The molecular weight excluding hydrogens is 510 g/mol. The SMILES string of the molecule is Cc1ccc([N+](=O)[O-])cc1N1C(=O)[C@H]2[C@@H](C(C)C)N[C@@]3(c4ccccc4-n4c3nc3ccccc3c4=O)[C@H]2C1=O. The molecule has 4 atom stereocenters. The summed E-state index contributed by atoms with van der Waals surface area (Å²) in [5.74, 6) is -2.26. The highest BCUT2D eigenvalue weighted by atomic mass is 16.6. The second-order valence-electron chi connectivity index (χ2n) is 11.1. The lowest BCUT2D eigenvalue weighted by atomic mass is 9.75. The van der Waals surface area contributed by atoms with Crippen molar-refractivity contribution in [3.8, 4) is 5.69 Å². The number of non-ortho nitro benzene ring substituents is 1. The van der Waals surface area contributed by atoms with Crippen LogP contribution < -0.4 is 15.8 Å². The van der Waals surface area contributed by atoms with E-state index < -0.39 is 40.2 Å². The number of para-hydroxylation sites is 2. The van der Waals surface area contributed by atoms with Crippen molar-refractivity contribution in [2.24, 2.45) is 17.8 Å². The molecule has 0 saturated carbocycles. The van der Waals surface area contributed by atoms with Crippen molar-refractivity contribution in [2.45, 2.75) is 32.4 Å². The topological polar surface area (TPSA) is 127 Å². The van der Waals surface area contributed by atoms with Crippen molar-refractivity contribution >= 4 is 34.1 Å². The minimum absolute atomic E-state index is 0.0526. The van der Waals surface area contributed by atoms with Gasteiger partial charge in [-0.3, -0.25) is 34.4 Å². The van der Waals surface area contributed by atoms with Crippen LogP contribution in [0.5, 0.6) is 0 Å². The number of hydrogen-bond donors (Lipinski definition) is 1. The van der Waals surface area contributed by atoms with E-state index in [9.17, 15) is 24.5 Å². The van der Waals surface area contributed by atoms with Crippen LogP contribution in [0.3, 0.4) is 0 Å². The number of imide groups is 1. The van der Waals surface area contributed by atoms with Gasteiger partial charge in [0, 0.05) is 23.7 Å². The molecule has 2 saturated heterocycles. The first-order valence-corrected chi connectivity index (χ1v) is 13.2. The Hall–Kier alpha value is -4.70. The summed E-state index contributed by atoms with van der Waals surface area (Å²) in [4.78, 5) is 59.7. The van der Waals surface area contributed by atoms with Crippen molar-refractivity contribution in [2.75, 3.05) is 4.90 Å². The Morgan fingerprint density at radius 2 is 1.70 bits per heavy atom. The van der Waals surface area contributed by atoms with Gasteiger partial charge in [-0.25, -0.2) is 9.88 Å². The molecule has 10 heteroatoms. The molecule has 4 aromatic rings. The van der Waals surface area contributed by atoms with Crippen LogP contribution in [-0.2, 0) is 15.1 Å². The number of benzene rings is 3. The van der Waals surface area contributed by atoms with Gasteiger partial charge in [-0.2, -0.15) is 0 Å². The predicted octanol–water partition coefficient (Wildman–Crippen LogP) is 3.59. The third-order valence-electron chi connectivity index (χ3n) is 8.66. The van der Waals surface area contributed by atoms with Gasteiger partial charge < -0.3 is 0 Å². The zero-order valence-electron chi connectivity index (χ0n) is 22.0. The molecule has 200 valence electrons. The number of hydrogen-bond acceptors (Lipinski definition) is 7. The number of rotatable bonds is 3. The molecule has 10 nitrogen and oxygen atoms in total. The van der Waals surface area contributed by atoms with E-state index in [0.717, 1.165) is 4.90 Å². The highest BCUT2D eigenvalue weighted by Crippen LogP contribution is 2.56. The Kier molecular flexibility index (Phi) is 4.96. The standard InChI is InChI=1S/C30H25N5O5/c1-15(2)25-23-24(28(38)33(27(23)37)22-14-17(35(39)40)13-12-16(22)3)30(32-25)19-9-5-7-11-21(19)34-26(36)18-8-4-6-10-20(18)31-29(30)34/h4-15,23-25,32H,1-3H3/t23-,24-,25-,30+/m1/s1. The average molecular weight is 536 g/mol. The summed E-state index contributed by atoms with van der Waals surface area (Å²) in [6.07, 6.45) is 0. The minimum atomic E-state index is -1.25. The molecule has 0 bridgehead atoms. The fourth-order valence-electron chi connectivity index (χ4n) is 6.91. The van der Waals surface area contributed by atoms with E-state index in [0.29, 0.717) is 33.5 Å². The molecule has 2 fully saturated rings. The lowest BCUT2D eigenvalue weighted by Gasteiger charge is -2.32. The molecule has 3 aliphatic heterocycles. The first kappa shape index (κ1) is 24.3. The van der Waals surface area contributed by atoms with Gasteiger partial charge in [0.25, 0.3) is 11.2 Å². The molecule has 1 N–H and O–H groups in total. The number of carbonyl (C=O) groups excluding carboxylic acids is 2. The number of amides is 2. The Morgan fingerprint density at radius 1 is 0.975 bits per heavy atom. The van der Waals surface area contributed by atoms with Gasteiger partial charge in [0.05, 0.1) is 39.0 Å². The zero-order valence-corrected chi connectivity index (χ0v) is 22.0. The van der Waals surface area contributed by atoms with Crippen LogP contribution in [0.1, 0.15) is 30.8 Å². The van der Waals surface area contributed by atoms with Gasteiger partial charge in [0.1, 0.15) is 11.4 Å². The first-order chi connectivity index (χ1) is 19.2. The number of aromatic nitrogens is 2. The second-order valence-corrected chi connectivity index (χ2v) is 11.1. The van der Waals surface area contributed by atoms with E-state index in [1.165, 1.54) is 12.1 Å². The minimum Gasteiger partial charge on any atom is -0.296 e. The molecule has 3 aliphatic rings. The Bertz CT molecular complexity index is 1860. The van der Waals surface area contributed by atoms with Crippen molar-refractivity contribution in [3.63, 3.8) is 0 Å². The van der Waals surface area contributed by atoms with Crippen molar-refractivity contribution in [1.82, 2.24) is 14.9 Å². The number of fused-ring (bicyclic) bond motifs is 8. The lowest BCUT2D eigenvalue weighted by molar-refractivity contribution is -0.384. The first-order valence-electron chi connectivity index (χ1n) is 13.2. The molecule has 3 aromatic carbocycles. The molecule has 7 rings (SSSR count). The van der Waals surface area contributed by atoms with E-state index in [4.69, 9.17) is 4.98 Å². The maximum absolute atomic E-state index is 14.5. The number of nitro groups is 1. The summed E-state index contributed by atoms with van der Waals surface area (Å²) < 4.78 is 1.56. The fourth-order valence-corrected chi connectivity index (χ4v) is 6.91. The van der Waals surface area contributed by atoms with Gasteiger partial charge in [0.15, 0.2) is 0 Å². The molecular formula is C30H25N5O5. The third-order valence-corrected chi connectivity index (χ3v) is 8.66. The summed E-state index contributed by atoms with van der Waals surface area (Å²) in [5.41, 5.74) is 0.876. The largest absolute Gasteiger partial charge is 0.296 e. The molecule has 0 aliphatic carbocycles. The predicted molar refractivity (Wildman–Crippen MR) is 147 cm³/mol. The van der Waals surface area contributed by atoms with Gasteiger partial charge in [-0.05, 0) is 36.6 Å². The summed E-state index contributed by atoms with van der Waals surface area (Å²) in [6, 6.07) is 18.2. The summed E-state index contributed by atoms with van der Waals surface area (Å²) in [6.45, 7) is 5.68. The van der Waals surface area contributed by atoms with E-state index in [2.05, 4.69) is 5.32 Å². The smallest absolute Gasteiger partial charge is 0.271 e. The van der Waals surface area contributed by atoms with E-state index >= 15 is 0 Å². The van der Waals surface area contributed by atoms with Crippen LogP contribution in [-0.4, -0.2) is 32.3 Å². The maximum Gasteiger partial charge on any atom is 0.271 e. The van der Waals surface area contributed by atoms with Crippen LogP contribution >= 0.6 is 0 Å². The van der Waals surface area contributed by atoms with Crippen molar-refractivity contribution in [3.05, 3.63) is 104 Å². The van der Waals surface area contributed by atoms with E-state index in [1.807, 2.05) is 38.1 Å². The van der Waals surface area contributed by atoms with Crippen LogP contribution in [0.2, 0.25) is 0 Å². The van der Waals surface area contributed by atoms with Gasteiger partial charge >= 0.3 is 0 Å². The molecule has 2 amide bonds. The van der Waals surface area contributed by atoms with E-state index in [-0.39, 0.29) is 22.9 Å². The Labute approximate surface area is 228 Å². The fraction of sp³-hybridized carbons (Fsp3) is 0.267. The molecule has 40 heavy (non-hydrogen) atoms. The highest BCUT2D eigenvalue weighted by molar-refractivity contribution is 6.23. The van der Waals surface area contributed by atoms with Crippen LogP contribution in [0, 0.1) is 34.8 Å². The number of aryl methyl sites for hydroxylation is 1. The van der Waals surface area contributed by atoms with Crippen LogP contribution in [0.15, 0.2) is 71.5 Å². The highest BCUT2D eigenvalue weighted by Gasteiger charge is 2.70. The van der Waals surface area contributed by atoms with Crippen molar-refractivity contribution in [1.29, 1.82) is 0 Å². The van der Waals surface area contributed by atoms with Gasteiger partial charge in [0.2, 0.25) is 11.8 Å². The number of anilines is 1. The second kappa shape index (κ2) is 8.15. The summed E-state index contributed by atoms with van der Waals surface area (Å²) in [7, 11) is 0. The molecule has 1 spiro atoms. The van der Waals surface area contributed by atoms with E-state index in [1.54, 1.807) is 41.8 Å². The summed E-state index contributed by atoms with van der Waals surface area (Å²) >= 11 is 0. The number of nitrogens with zero attached hydrogens (tertiary/aromatic N) is 4. The van der Waals surface area contributed by atoms with Gasteiger partial charge in [-0.15, -0.1) is 0 Å². The Balaban J connectivity index is 1.52. The normalized spacial score (nSPS) is 24.7. The number of carbonyl (C=O) groups is 2. The van der Waals surface area contributed by atoms with Crippen LogP contribution in [0.25, 0.3) is 16.6 Å². The van der Waals surface area contributed by atoms with Crippen molar-refractivity contribution < 1.29 is 14.5 Å². The lowest BCUT2D eigenvalue weighted by Crippen LogP contribution is -2.51.